The minimum absolute atomic E-state index is 0.0274. The first-order chi connectivity index (χ1) is 10.0. The lowest BCUT2D eigenvalue weighted by molar-refractivity contribution is 0.0780. The summed E-state index contributed by atoms with van der Waals surface area (Å²) in [6.45, 7) is 0.268. The summed E-state index contributed by atoms with van der Waals surface area (Å²) in [6.07, 6.45) is 0. The van der Waals surface area contributed by atoms with Crippen molar-refractivity contribution in [1.29, 1.82) is 0 Å². The highest BCUT2D eigenvalue weighted by Gasteiger charge is 2.17. The van der Waals surface area contributed by atoms with Crippen LogP contribution in [0.25, 0.3) is 0 Å². The summed E-state index contributed by atoms with van der Waals surface area (Å²) in [6, 6.07) is 9.90. The smallest absolute Gasteiger partial charge is 0.256 e. The molecule has 0 spiro atoms. The van der Waals surface area contributed by atoms with E-state index in [0.29, 0.717) is 5.75 Å². The summed E-state index contributed by atoms with van der Waals surface area (Å²) >= 11 is 0. The van der Waals surface area contributed by atoms with Crippen LogP contribution < -0.4 is 4.74 Å². The Kier molecular flexibility index (Phi) is 4.52. The second kappa shape index (κ2) is 6.35. The zero-order valence-electron chi connectivity index (χ0n) is 11.8. The molecule has 110 valence electrons. The highest BCUT2D eigenvalue weighted by Crippen LogP contribution is 2.18. The number of carbonyl (C=O) groups excluding carboxylic acids is 1. The fourth-order valence-corrected chi connectivity index (χ4v) is 1.94. The quantitative estimate of drug-likeness (QED) is 0.865. The molecule has 5 heteroatoms. The molecule has 0 unspecified atom stereocenters. The number of ether oxygens (including phenoxy) is 1. The van der Waals surface area contributed by atoms with Gasteiger partial charge in [-0.2, -0.15) is 0 Å². The Balaban J connectivity index is 2.13. The lowest BCUT2D eigenvalue weighted by Crippen LogP contribution is -2.27. The number of hydrogen-bond donors (Lipinski definition) is 0. The third-order valence-corrected chi connectivity index (χ3v) is 3.09. The molecule has 0 N–H and O–H groups in total. The van der Waals surface area contributed by atoms with E-state index in [-0.39, 0.29) is 17.9 Å². The van der Waals surface area contributed by atoms with Crippen LogP contribution in [-0.4, -0.2) is 25.0 Å². The molecule has 2 aromatic carbocycles. The third-order valence-electron chi connectivity index (χ3n) is 3.09. The van der Waals surface area contributed by atoms with Crippen molar-refractivity contribution in [1.82, 2.24) is 4.90 Å². The zero-order chi connectivity index (χ0) is 15.4. The van der Waals surface area contributed by atoms with E-state index in [1.165, 1.54) is 42.3 Å². The Morgan fingerprint density at radius 3 is 2.38 bits per heavy atom. The van der Waals surface area contributed by atoms with Crippen LogP contribution in [0, 0.1) is 11.6 Å². The maximum absolute atomic E-state index is 13.9. The first-order valence-electron chi connectivity index (χ1n) is 6.34. The van der Waals surface area contributed by atoms with Crippen molar-refractivity contribution in [2.24, 2.45) is 0 Å². The molecule has 2 rings (SSSR count). The van der Waals surface area contributed by atoms with Crippen molar-refractivity contribution in [2.75, 3.05) is 14.2 Å². The largest absolute Gasteiger partial charge is 0.497 e. The first kappa shape index (κ1) is 15.0. The Hall–Kier alpha value is -2.43. The minimum atomic E-state index is -0.634. The SMILES string of the molecule is COc1ccc(C(=O)N(C)Cc2ccc(F)cc2)c(F)c1. The number of amides is 1. The summed E-state index contributed by atoms with van der Waals surface area (Å²) in [7, 11) is 2.99. The first-order valence-corrected chi connectivity index (χ1v) is 6.34. The molecule has 1 amide bonds. The Morgan fingerprint density at radius 1 is 1.14 bits per heavy atom. The molecule has 0 aromatic heterocycles. The van der Waals surface area contributed by atoms with Gasteiger partial charge in [0.1, 0.15) is 17.4 Å². The minimum Gasteiger partial charge on any atom is -0.497 e. The van der Waals surface area contributed by atoms with Gasteiger partial charge in [-0.3, -0.25) is 4.79 Å². The van der Waals surface area contributed by atoms with E-state index in [1.807, 2.05) is 0 Å². The Labute approximate surface area is 121 Å². The van der Waals surface area contributed by atoms with E-state index in [1.54, 1.807) is 19.2 Å². The van der Waals surface area contributed by atoms with Gasteiger partial charge in [-0.05, 0) is 29.8 Å². The number of hydrogen-bond acceptors (Lipinski definition) is 2. The van der Waals surface area contributed by atoms with Gasteiger partial charge in [0.2, 0.25) is 0 Å². The predicted molar refractivity (Wildman–Crippen MR) is 75.1 cm³/mol. The average molecular weight is 291 g/mol. The maximum Gasteiger partial charge on any atom is 0.256 e. The Morgan fingerprint density at radius 2 is 1.81 bits per heavy atom. The van der Waals surface area contributed by atoms with Gasteiger partial charge in [0.25, 0.3) is 5.91 Å². The number of rotatable bonds is 4. The van der Waals surface area contributed by atoms with Crippen LogP contribution >= 0.6 is 0 Å². The molecule has 0 aliphatic rings. The van der Waals surface area contributed by atoms with Crippen molar-refractivity contribution < 1.29 is 18.3 Å². The fourth-order valence-electron chi connectivity index (χ4n) is 1.94. The van der Waals surface area contributed by atoms with Crippen LogP contribution in [0.5, 0.6) is 5.75 Å². The molecule has 0 atom stereocenters. The number of methoxy groups -OCH3 is 1. The van der Waals surface area contributed by atoms with Crippen LogP contribution in [0.4, 0.5) is 8.78 Å². The van der Waals surface area contributed by atoms with E-state index >= 15 is 0 Å². The lowest BCUT2D eigenvalue weighted by Gasteiger charge is -2.18. The molecule has 0 aliphatic carbocycles. The molecule has 0 saturated heterocycles. The molecule has 0 saturated carbocycles. The molecule has 0 heterocycles. The van der Waals surface area contributed by atoms with Crippen molar-refractivity contribution in [3.8, 4) is 5.75 Å². The van der Waals surface area contributed by atoms with Crippen LogP contribution in [0.2, 0.25) is 0 Å². The summed E-state index contributed by atoms with van der Waals surface area (Å²) in [5, 5.41) is 0. The van der Waals surface area contributed by atoms with Gasteiger partial charge in [0.15, 0.2) is 0 Å². The summed E-state index contributed by atoms with van der Waals surface area (Å²) < 4.78 is 31.6. The third kappa shape index (κ3) is 3.56. The van der Waals surface area contributed by atoms with Gasteiger partial charge in [-0.15, -0.1) is 0 Å². The van der Waals surface area contributed by atoms with Gasteiger partial charge in [-0.25, -0.2) is 8.78 Å². The summed E-state index contributed by atoms with van der Waals surface area (Å²) in [5.41, 5.74) is 0.738. The molecular weight excluding hydrogens is 276 g/mol. The van der Waals surface area contributed by atoms with Crippen molar-refractivity contribution in [3.63, 3.8) is 0 Å². The van der Waals surface area contributed by atoms with E-state index in [4.69, 9.17) is 4.74 Å². The molecule has 2 aromatic rings. The van der Waals surface area contributed by atoms with Crippen molar-refractivity contribution in [2.45, 2.75) is 6.54 Å². The molecule has 0 radical (unpaired) electrons. The monoisotopic (exact) mass is 291 g/mol. The van der Waals surface area contributed by atoms with Gasteiger partial charge in [-0.1, -0.05) is 12.1 Å². The Bertz CT molecular complexity index is 641. The maximum atomic E-state index is 13.9. The van der Waals surface area contributed by atoms with E-state index in [9.17, 15) is 13.6 Å². The molecule has 3 nitrogen and oxygen atoms in total. The standard InChI is InChI=1S/C16H15F2NO2/c1-19(10-11-3-5-12(17)6-4-11)16(20)14-8-7-13(21-2)9-15(14)18/h3-9H,10H2,1-2H3. The topological polar surface area (TPSA) is 29.5 Å². The molecule has 0 fully saturated rings. The van der Waals surface area contributed by atoms with E-state index < -0.39 is 11.7 Å². The van der Waals surface area contributed by atoms with Gasteiger partial charge >= 0.3 is 0 Å². The van der Waals surface area contributed by atoms with Gasteiger partial charge in [0.05, 0.1) is 12.7 Å². The highest BCUT2D eigenvalue weighted by molar-refractivity contribution is 5.94. The summed E-state index contributed by atoms with van der Waals surface area (Å²) in [4.78, 5) is 13.6. The second-order valence-corrected chi connectivity index (χ2v) is 4.63. The molecular formula is C16H15F2NO2. The highest BCUT2D eigenvalue weighted by atomic mass is 19.1. The van der Waals surface area contributed by atoms with Crippen LogP contribution in [0.3, 0.4) is 0 Å². The fraction of sp³-hybridized carbons (Fsp3) is 0.188. The normalized spacial score (nSPS) is 10.3. The number of benzene rings is 2. The van der Waals surface area contributed by atoms with E-state index in [2.05, 4.69) is 0 Å². The number of halogens is 2. The van der Waals surface area contributed by atoms with Gasteiger partial charge < -0.3 is 9.64 Å². The molecule has 0 bridgehead atoms. The van der Waals surface area contributed by atoms with Crippen molar-refractivity contribution >= 4 is 5.91 Å². The lowest BCUT2D eigenvalue weighted by atomic mass is 10.1. The van der Waals surface area contributed by atoms with Crippen LogP contribution in [-0.2, 0) is 6.54 Å². The van der Waals surface area contributed by atoms with Crippen LogP contribution in [0.1, 0.15) is 15.9 Å². The van der Waals surface area contributed by atoms with Crippen LogP contribution in [0.15, 0.2) is 42.5 Å². The number of carbonyl (C=O) groups is 1. The zero-order valence-corrected chi connectivity index (χ0v) is 11.8. The molecule has 0 aliphatic heterocycles. The van der Waals surface area contributed by atoms with E-state index in [0.717, 1.165) is 5.56 Å². The summed E-state index contributed by atoms with van der Waals surface area (Å²) in [5.74, 6) is -1.07. The van der Waals surface area contributed by atoms with Crippen molar-refractivity contribution in [3.05, 3.63) is 65.2 Å². The second-order valence-electron chi connectivity index (χ2n) is 4.63. The molecule has 21 heavy (non-hydrogen) atoms. The average Bonchev–Trinajstić information content (AvgIpc) is 2.48. The predicted octanol–water partition coefficient (Wildman–Crippen LogP) is 3.25. The number of nitrogens with zero attached hydrogens (tertiary/aromatic N) is 1. The van der Waals surface area contributed by atoms with Gasteiger partial charge in [0, 0.05) is 19.7 Å².